The van der Waals surface area contributed by atoms with E-state index in [1.807, 2.05) is 6.92 Å². The number of hydrogen-bond acceptors (Lipinski definition) is 2. The van der Waals surface area contributed by atoms with Crippen LogP contribution in [0.3, 0.4) is 0 Å². The molecule has 0 aromatic heterocycles. The third-order valence-electron chi connectivity index (χ3n) is 3.11. The monoisotopic (exact) mass is 312 g/mol. The second-order valence-corrected chi connectivity index (χ2v) is 5.42. The second-order valence-electron chi connectivity index (χ2n) is 4.60. The van der Waals surface area contributed by atoms with Crippen LogP contribution in [0.15, 0.2) is 30.3 Å². The molecular weight excluding hydrogens is 298 g/mol. The molecule has 0 radical (unpaired) electrons. The Labute approximate surface area is 127 Å². The standard InChI is InChI=1S/C15H15Cl2FN2/c1-9-6-11(18)3-2-10(9)4-5-20-15-8-13(17)12(16)7-14(15)19/h2-3,6-8,20H,4-5,19H2,1H3. The predicted octanol–water partition coefficient (Wildman–Crippen LogP) is 4.68. The van der Waals surface area contributed by atoms with E-state index in [4.69, 9.17) is 28.9 Å². The molecule has 0 amide bonds. The number of hydrogen-bond donors (Lipinski definition) is 2. The van der Waals surface area contributed by atoms with Gasteiger partial charge in [-0.05, 0) is 48.7 Å². The maximum absolute atomic E-state index is 13.0. The van der Waals surface area contributed by atoms with Crippen LogP contribution in [0.4, 0.5) is 15.8 Å². The molecule has 0 atom stereocenters. The third kappa shape index (κ3) is 3.56. The minimum absolute atomic E-state index is 0.215. The minimum atomic E-state index is -0.215. The summed E-state index contributed by atoms with van der Waals surface area (Å²) in [4.78, 5) is 0. The first-order chi connectivity index (χ1) is 9.47. The topological polar surface area (TPSA) is 38.0 Å². The van der Waals surface area contributed by atoms with Gasteiger partial charge in [-0.1, -0.05) is 29.3 Å². The highest BCUT2D eigenvalue weighted by Crippen LogP contribution is 2.30. The van der Waals surface area contributed by atoms with Crippen LogP contribution < -0.4 is 11.1 Å². The lowest BCUT2D eigenvalue weighted by molar-refractivity contribution is 0.625. The molecule has 0 fully saturated rings. The van der Waals surface area contributed by atoms with Crippen molar-refractivity contribution in [3.63, 3.8) is 0 Å². The summed E-state index contributed by atoms with van der Waals surface area (Å²) in [6.07, 6.45) is 0.770. The fraction of sp³-hybridized carbons (Fsp3) is 0.200. The van der Waals surface area contributed by atoms with Crippen molar-refractivity contribution in [1.29, 1.82) is 0 Å². The van der Waals surface area contributed by atoms with Crippen molar-refractivity contribution in [1.82, 2.24) is 0 Å². The molecule has 5 heteroatoms. The quantitative estimate of drug-likeness (QED) is 0.805. The number of aryl methyl sites for hydroxylation is 1. The van der Waals surface area contributed by atoms with Crippen LogP contribution in [0.25, 0.3) is 0 Å². The molecule has 0 aliphatic rings. The molecule has 2 nitrogen and oxygen atoms in total. The first kappa shape index (κ1) is 14.9. The van der Waals surface area contributed by atoms with Crippen molar-refractivity contribution < 1.29 is 4.39 Å². The first-order valence-corrected chi connectivity index (χ1v) is 6.96. The largest absolute Gasteiger partial charge is 0.397 e. The van der Waals surface area contributed by atoms with Gasteiger partial charge in [0.2, 0.25) is 0 Å². The summed E-state index contributed by atoms with van der Waals surface area (Å²) < 4.78 is 13.0. The Bertz CT molecular complexity index is 630. The van der Waals surface area contributed by atoms with Gasteiger partial charge in [0.05, 0.1) is 21.4 Å². The number of nitrogens with two attached hydrogens (primary N) is 1. The molecule has 0 heterocycles. The van der Waals surface area contributed by atoms with E-state index in [1.165, 1.54) is 12.1 Å². The normalized spacial score (nSPS) is 10.6. The summed E-state index contributed by atoms with van der Waals surface area (Å²) in [7, 11) is 0. The van der Waals surface area contributed by atoms with Crippen LogP contribution in [0, 0.1) is 12.7 Å². The Morgan fingerprint density at radius 1 is 1.15 bits per heavy atom. The molecular formula is C15H15Cl2FN2. The number of benzene rings is 2. The van der Waals surface area contributed by atoms with E-state index in [1.54, 1.807) is 18.2 Å². The van der Waals surface area contributed by atoms with E-state index < -0.39 is 0 Å². The fourth-order valence-corrected chi connectivity index (χ4v) is 2.32. The molecule has 0 aliphatic carbocycles. The zero-order valence-electron chi connectivity index (χ0n) is 11.0. The van der Waals surface area contributed by atoms with Crippen LogP contribution in [0.1, 0.15) is 11.1 Å². The second kappa shape index (κ2) is 6.33. The van der Waals surface area contributed by atoms with Crippen molar-refractivity contribution in [2.75, 3.05) is 17.6 Å². The van der Waals surface area contributed by atoms with Gasteiger partial charge in [0, 0.05) is 6.54 Å². The lowest BCUT2D eigenvalue weighted by Crippen LogP contribution is -2.08. The van der Waals surface area contributed by atoms with Crippen molar-refractivity contribution in [3.8, 4) is 0 Å². The third-order valence-corrected chi connectivity index (χ3v) is 3.83. The van der Waals surface area contributed by atoms with Gasteiger partial charge >= 0.3 is 0 Å². The minimum Gasteiger partial charge on any atom is -0.397 e. The highest BCUT2D eigenvalue weighted by Gasteiger charge is 2.05. The summed E-state index contributed by atoms with van der Waals surface area (Å²) >= 11 is 11.8. The van der Waals surface area contributed by atoms with Crippen LogP contribution in [0.5, 0.6) is 0 Å². The zero-order valence-corrected chi connectivity index (χ0v) is 12.5. The molecule has 0 aliphatic heterocycles. The molecule has 0 saturated carbocycles. The number of halogens is 3. The maximum Gasteiger partial charge on any atom is 0.123 e. The smallest absolute Gasteiger partial charge is 0.123 e. The summed E-state index contributed by atoms with van der Waals surface area (Å²) in [5.74, 6) is -0.215. The first-order valence-electron chi connectivity index (χ1n) is 6.21. The number of nitrogens with one attached hydrogen (secondary N) is 1. The van der Waals surface area contributed by atoms with E-state index in [0.29, 0.717) is 22.3 Å². The average molecular weight is 313 g/mol. The maximum atomic E-state index is 13.0. The van der Waals surface area contributed by atoms with Crippen molar-refractivity contribution in [2.45, 2.75) is 13.3 Å². The van der Waals surface area contributed by atoms with Crippen LogP contribution in [-0.4, -0.2) is 6.54 Å². The van der Waals surface area contributed by atoms with Gasteiger partial charge < -0.3 is 11.1 Å². The van der Waals surface area contributed by atoms with Crippen LogP contribution in [0.2, 0.25) is 10.0 Å². The van der Waals surface area contributed by atoms with Crippen molar-refractivity contribution in [2.24, 2.45) is 0 Å². The summed E-state index contributed by atoms with van der Waals surface area (Å²) in [5, 5.41) is 4.10. The summed E-state index contributed by atoms with van der Waals surface area (Å²) in [6, 6.07) is 8.12. The van der Waals surface area contributed by atoms with Crippen LogP contribution in [-0.2, 0) is 6.42 Å². The zero-order chi connectivity index (χ0) is 14.7. The molecule has 0 saturated heterocycles. The van der Waals surface area contributed by atoms with Gasteiger partial charge in [0.1, 0.15) is 5.82 Å². The predicted molar refractivity (Wildman–Crippen MR) is 84.2 cm³/mol. The molecule has 0 unspecified atom stereocenters. The van der Waals surface area contributed by atoms with Gasteiger partial charge in [-0.25, -0.2) is 4.39 Å². The molecule has 0 spiro atoms. The molecule has 20 heavy (non-hydrogen) atoms. The fourth-order valence-electron chi connectivity index (χ4n) is 1.99. The lowest BCUT2D eigenvalue weighted by atomic mass is 10.1. The van der Waals surface area contributed by atoms with Gasteiger partial charge in [-0.3, -0.25) is 0 Å². The Kier molecular flexibility index (Phi) is 4.73. The SMILES string of the molecule is Cc1cc(F)ccc1CCNc1cc(Cl)c(Cl)cc1N. The Morgan fingerprint density at radius 2 is 1.85 bits per heavy atom. The highest BCUT2D eigenvalue weighted by molar-refractivity contribution is 6.42. The molecule has 2 rings (SSSR count). The molecule has 2 aromatic rings. The van der Waals surface area contributed by atoms with Gasteiger partial charge in [0.25, 0.3) is 0 Å². The number of rotatable bonds is 4. The number of anilines is 2. The van der Waals surface area contributed by atoms with Gasteiger partial charge in [0.15, 0.2) is 0 Å². The van der Waals surface area contributed by atoms with Gasteiger partial charge in [-0.2, -0.15) is 0 Å². The summed E-state index contributed by atoms with van der Waals surface area (Å²) in [5.41, 5.74) is 9.20. The van der Waals surface area contributed by atoms with Crippen molar-refractivity contribution >= 4 is 34.6 Å². The lowest BCUT2D eigenvalue weighted by Gasteiger charge is -2.11. The molecule has 106 valence electrons. The van der Waals surface area contributed by atoms with E-state index in [9.17, 15) is 4.39 Å². The van der Waals surface area contributed by atoms with E-state index >= 15 is 0 Å². The summed E-state index contributed by atoms with van der Waals surface area (Å²) in [6.45, 7) is 2.57. The van der Waals surface area contributed by atoms with Crippen LogP contribution >= 0.6 is 23.2 Å². The number of nitrogen functional groups attached to an aromatic ring is 1. The van der Waals surface area contributed by atoms with E-state index in [0.717, 1.165) is 23.2 Å². The average Bonchev–Trinajstić information content (AvgIpc) is 2.38. The molecule has 0 bridgehead atoms. The molecule has 2 aromatic carbocycles. The Hall–Kier alpha value is -1.45. The Balaban J connectivity index is 2.01. The Morgan fingerprint density at radius 3 is 2.55 bits per heavy atom. The molecule has 3 N–H and O–H groups in total. The van der Waals surface area contributed by atoms with E-state index in [-0.39, 0.29) is 5.82 Å². The van der Waals surface area contributed by atoms with Crippen molar-refractivity contribution in [3.05, 3.63) is 57.3 Å². The van der Waals surface area contributed by atoms with E-state index in [2.05, 4.69) is 5.32 Å². The highest BCUT2D eigenvalue weighted by atomic mass is 35.5. The van der Waals surface area contributed by atoms with Gasteiger partial charge in [-0.15, -0.1) is 0 Å².